The molecule has 1 atom stereocenters. The predicted molar refractivity (Wildman–Crippen MR) is 126 cm³/mol. The number of carbonyl (C=O) groups excluding carboxylic acids is 1. The van der Waals surface area contributed by atoms with E-state index in [1.165, 1.54) is 16.7 Å². The van der Waals surface area contributed by atoms with Crippen molar-refractivity contribution in [2.45, 2.75) is 52.5 Å². The molecule has 0 radical (unpaired) electrons. The monoisotopic (exact) mass is 438 g/mol. The fourth-order valence-corrected chi connectivity index (χ4v) is 3.94. The van der Waals surface area contributed by atoms with E-state index in [0.717, 1.165) is 19.3 Å². The van der Waals surface area contributed by atoms with Crippen LogP contribution in [0, 0.1) is 5.82 Å². The minimum absolute atomic E-state index is 0.177. The van der Waals surface area contributed by atoms with Gasteiger partial charge in [-0.1, -0.05) is 38.8 Å². The van der Waals surface area contributed by atoms with Crippen molar-refractivity contribution in [3.63, 3.8) is 0 Å². The fourth-order valence-electron chi connectivity index (χ4n) is 3.94. The molecule has 0 aliphatic rings. The number of unbranched alkanes of at least 4 members (excludes halogenated alkanes) is 2. The van der Waals surface area contributed by atoms with Crippen LogP contribution in [-0.4, -0.2) is 33.6 Å². The van der Waals surface area contributed by atoms with Crippen molar-refractivity contribution < 1.29 is 9.18 Å². The highest BCUT2D eigenvalue weighted by Crippen LogP contribution is 2.26. The third-order valence-corrected chi connectivity index (χ3v) is 5.54. The summed E-state index contributed by atoms with van der Waals surface area (Å²) in [7, 11) is 0. The first-order chi connectivity index (χ1) is 15.5. The molecule has 7 heteroatoms. The van der Waals surface area contributed by atoms with Gasteiger partial charge in [0, 0.05) is 13.1 Å². The Hall–Kier alpha value is -3.22. The van der Waals surface area contributed by atoms with Crippen LogP contribution in [0.4, 0.5) is 9.18 Å². The summed E-state index contributed by atoms with van der Waals surface area (Å²) in [5.74, 6) is 0.0956. The van der Waals surface area contributed by atoms with Gasteiger partial charge in [-0.2, -0.15) is 0 Å². The van der Waals surface area contributed by atoms with Gasteiger partial charge in [0.25, 0.3) is 5.56 Å². The standard InChI is InChI=1S/C25H31FN4O2/c1-4-7-10-17-29(25(32)27-6-3)22(5-2)23-28-21-12-9-8-11-20(21)24(31)30(23)19-15-13-18(26)14-16-19/h8-9,11-16,22H,4-7,10,17H2,1-3H3,(H,27,32). The number of amides is 2. The number of para-hydroxylation sites is 1. The SMILES string of the molecule is CCCCCN(C(=O)NCC)C(CC)c1nc2ccccc2c(=O)n1-c1ccc(F)cc1. The quantitative estimate of drug-likeness (QED) is 0.467. The number of benzene rings is 2. The number of urea groups is 1. The maximum atomic E-state index is 13.6. The molecule has 2 amide bonds. The molecule has 6 nitrogen and oxygen atoms in total. The van der Waals surface area contributed by atoms with Gasteiger partial charge in [-0.15, -0.1) is 0 Å². The molecule has 0 spiro atoms. The molecule has 1 aromatic heterocycles. The van der Waals surface area contributed by atoms with E-state index in [2.05, 4.69) is 12.2 Å². The fraction of sp³-hybridized carbons (Fsp3) is 0.400. The normalized spacial score (nSPS) is 12.0. The van der Waals surface area contributed by atoms with Gasteiger partial charge >= 0.3 is 6.03 Å². The first-order valence-corrected chi connectivity index (χ1v) is 11.3. The highest BCUT2D eigenvalue weighted by molar-refractivity contribution is 5.78. The second kappa shape index (κ2) is 10.9. The molecule has 0 aliphatic carbocycles. The zero-order valence-electron chi connectivity index (χ0n) is 19.0. The third kappa shape index (κ3) is 4.98. The van der Waals surface area contributed by atoms with Crippen LogP contribution in [0.5, 0.6) is 0 Å². The molecule has 32 heavy (non-hydrogen) atoms. The summed E-state index contributed by atoms with van der Waals surface area (Å²) in [6, 6.07) is 12.4. The smallest absolute Gasteiger partial charge is 0.318 e. The average Bonchev–Trinajstić information content (AvgIpc) is 2.80. The lowest BCUT2D eigenvalue weighted by Crippen LogP contribution is -2.44. The Labute approximate surface area is 188 Å². The lowest BCUT2D eigenvalue weighted by Gasteiger charge is -2.32. The molecule has 0 aliphatic heterocycles. The van der Waals surface area contributed by atoms with E-state index in [9.17, 15) is 14.0 Å². The molecule has 0 bridgehead atoms. The Bertz CT molecular complexity index is 1110. The number of fused-ring (bicyclic) bond motifs is 1. The summed E-state index contributed by atoms with van der Waals surface area (Å²) >= 11 is 0. The number of halogens is 1. The number of carbonyl (C=O) groups is 1. The molecular weight excluding hydrogens is 407 g/mol. The molecule has 2 aromatic carbocycles. The van der Waals surface area contributed by atoms with Gasteiger partial charge < -0.3 is 10.2 Å². The van der Waals surface area contributed by atoms with Crippen molar-refractivity contribution in [1.82, 2.24) is 19.8 Å². The first-order valence-electron chi connectivity index (χ1n) is 11.3. The molecule has 1 unspecified atom stereocenters. The van der Waals surface area contributed by atoms with Crippen LogP contribution >= 0.6 is 0 Å². The van der Waals surface area contributed by atoms with Crippen LogP contribution in [0.3, 0.4) is 0 Å². The van der Waals surface area contributed by atoms with Crippen molar-refractivity contribution in [2.75, 3.05) is 13.1 Å². The summed E-state index contributed by atoms with van der Waals surface area (Å²) in [5, 5.41) is 3.38. The van der Waals surface area contributed by atoms with E-state index < -0.39 is 6.04 Å². The summed E-state index contributed by atoms with van der Waals surface area (Å²) < 4.78 is 15.1. The molecular formula is C25H31FN4O2. The van der Waals surface area contributed by atoms with Crippen LogP contribution in [0.1, 0.15) is 58.3 Å². The minimum Gasteiger partial charge on any atom is -0.338 e. The molecule has 3 rings (SSSR count). The highest BCUT2D eigenvalue weighted by Gasteiger charge is 2.28. The number of rotatable bonds is 9. The van der Waals surface area contributed by atoms with E-state index in [1.807, 2.05) is 19.9 Å². The van der Waals surface area contributed by atoms with E-state index in [0.29, 0.717) is 41.9 Å². The maximum absolute atomic E-state index is 13.6. The van der Waals surface area contributed by atoms with E-state index >= 15 is 0 Å². The molecule has 1 N–H and O–H groups in total. The number of nitrogens with zero attached hydrogens (tertiary/aromatic N) is 3. The Morgan fingerprint density at radius 2 is 1.81 bits per heavy atom. The van der Waals surface area contributed by atoms with E-state index in [4.69, 9.17) is 4.98 Å². The molecule has 0 fully saturated rings. The zero-order valence-corrected chi connectivity index (χ0v) is 19.0. The number of nitrogens with one attached hydrogen (secondary N) is 1. The summed E-state index contributed by atoms with van der Waals surface area (Å²) in [5.41, 5.74) is 0.862. The lowest BCUT2D eigenvalue weighted by atomic mass is 10.1. The average molecular weight is 439 g/mol. The largest absolute Gasteiger partial charge is 0.338 e. The van der Waals surface area contributed by atoms with Crippen LogP contribution in [0.2, 0.25) is 0 Å². The third-order valence-electron chi connectivity index (χ3n) is 5.54. The second-order valence-electron chi connectivity index (χ2n) is 7.76. The van der Waals surface area contributed by atoms with Crippen molar-refractivity contribution in [1.29, 1.82) is 0 Å². The number of hydrogen-bond donors (Lipinski definition) is 1. The highest BCUT2D eigenvalue weighted by atomic mass is 19.1. The van der Waals surface area contributed by atoms with Crippen molar-refractivity contribution >= 4 is 16.9 Å². The van der Waals surface area contributed by atoms with Crippen LogP contribution in [-0.2, 0) is 0 Å². The number of aromatic nitrogens is 2. The van der Waals surface area contributed by atoms with Crippen molar-refractivity contribution in [3.8, 4) is 5.69 Å². The minimum atomic E-state index is -0.416. The Balaban J connectivity index is 2.22. The molecule has 1 heterocycles. The molecule has 170 valence electrons. The van der Waals surface area contributed by atoms with Gasteiger partial charge in [0.15, 0.2) is 0 Å². The Morgan fingerprint density at radius 1 is 1.09 bits per heavy atom. The van der Waals surface area contributed by atoms with Gasteiger partial charge in [-0.3, -0.25) is 9.36 Å². The topological polar surface area (TPSA) is 67.2 Å². The summed E-state index contributed by atoms with van der Waals surface area (Å²) in [6.45, 7) is 7.05. The van der Waals surface area contributed by atoms with Gasteiger partial charge in [0.05, 0.1) is 22.6 Å². The first kappa shape index (κ1) is 23.4. The van der Waals surface area contributed by atoms with Crippen molar-refractivity contribution in [2.24, 2.45) is 0 Å². The van der Waals surface area contributed by atoms with Gasteiger partial charge in [0.1, 0.15) is 11.6 Å². The Morgan fingerprint density at radius 3 is 2.47 bits per heavy atom. The van der Waals surface area contributed by atoms with Gasteiger partial charge in [-0.25, -0.2) is 14.2 Å². The van der Waals surface area contributed by atoms with Gasteiger partial charge in [0.2, 0.25) is 0 Å². The predicted octanol–water partition coefficient (Wildman–Crippen LogP) is 5.20. The second-order valence-corrected chi connectivity index (χ2v) is 7.76. The van der Waals surface area contributed by atoms with Crippen LogP contribution < -0.4 is 10.9 Å². The van der Waals surface area contributed by atoms with E-state index in [1.54, 1.807) is 35.2 Å². The summed E-state index contributed by atoms with van der Waals surface area (Å²) in [6.07, 6.45) is 3.48. The number of hydrogen-bond acceptors (Lipinski definition) is 3. The lowest BCUT2D eigenvalue weighted by molar-refractivity contribution is 0.167. The Kier molecular flexibility index (Phi) is 7.98. The molecule has 3 aromatic rings. The molecule has 0 saturated heterocycles. The van der Waals surface area contributed by atoms with Gasteiger partial charge in [-0.05, 0) is 56.2 Å². The summed E-state index contributed by atoms with van der Waals surface area (Å²) in [4.78, 5) is 33.2. The maximum Gasteiger partial charge on any atom is 0.318 e. The van der Waals surface area contributed by atoms with E-state index in [-0.39, 0.29) is 17.4 Å². The van der Waals surface area contributed by atoms with Crippen LogP contribution in [0.25, 0.3) is 16.6 Å². The molecule has 0 saturated carbocycles. The van der Waals surface area contributed by atoms with Crippen molar-refractivity contribution in [3.05, 3.63) is 70.5 Å². The van der Waals surface area contributed by atoms with Crippen LogP contribution in [0.15, 0.2) is 53.3 Å². The zero-order chi connectivity index (χ0) is 23.1.